The van der Waals surface area contributed by atoms with Crippen molar-refractivity contribution in [2.75, 3.05) is 0 Å². The van der Waals surface area contributed by atoms with E-state index in [1.54, 1.807) is 12.3 Å². The van der Waals surface area contributed by atoms with Crippen LogP contribution in [-0.4, -0.2) is 4.98 Å². The van der Waals surface area contributed by atoms with Gasteiger partial charge in [0.2, 0.25) is 0 Å². The van der Waals surface area contributed by atoms with Crippen LogP contribution in [0.15, 0.2) is 170 Å². The first-order chi connectivity index (χ1) is 23.3. The molecule has 47 heavy (non-hydrogen) atoms. The SMILES string of the molecule is [C-]#[N+]c1ccnc(-c2cccc(-c3cc4c(c5ccccc35)-c3c(ccc5ccccc35)C4(c3ccccc3)c3ccccc3)c2)c1. The predicted molar refractivity (Wildman–Crippen MR) is 194 cm³/mol. The number of aromatic nitrogens is 1. The van der Waals surface area contributed by atoms with Crippen LogP contribution in [0.5, 0.6) is 0 Å². The molecule has 0 atom stereocenters. The van der Waals surface area contributed by atoms with Gasteiger partial charge in [-0.3, -0.25) is 4.98 Å². The van der Waals surface area contributed by atoms with Gasteiger partial charge in [-0.25, -0.2) is 4.85 Å². The lowest BCUT2D eigenvalue weighted by Crippen LogP contribution is -2.28. The third-order valence-electron chi connectivity index (χ3n) is 9.79. The summed E-state index contributed by atoms with van der Waals surface area (Å²) in [7, 11) is 0. The molecule has 0 spiro atoms. The first-order valence-corrected chi connectivity index (χ1v) is 15.9. The molecular formula is C45H28N2. The van der Waals surface area contributed by atoms with Crippen LogP contribution in [0.25, 0.3) is 59.9 Å². The maximum absolute atomic E-state index is 7.52. The molecule has 0 saturated heterocycles. The summed E-state index contributed by atoms with van der Waals surface area (Å²) in [6.45, 7) is 7.52. The van der Waals surface area contributed by atoms with Crippen molar-refractivity contribution in [1.82, 2.24) is 4.98 Å². The van der Waals surface area contributed by atoms with Crippen LogP contribution in [0.4, 0.5) is 5.69 Å². The summed E-state index contributed by atoms with van der Waals surface area (Å²) in [5.74, 6) is 0. The van der Waals surface area contributed by atoms with Gasteiger partial charge >= 0.3 is 0 Å². The van der Waals surface area contributed by atoms with Crippen LogP contribution < -0.4 is 0 Å². The Kier molecular flexibility index (Phi) is 6.13. The Balaban J connectivity index is 1.43. The molecule has 1 aliphatic carbocycles. The van der Waals surface area contributed by atoms with Crippen molar-refractivity contribution in [2.24, 2.45) is 0 Å². The van der Waals surface area contributed by atoms with Crippen LogP contribution in [-0.2, 0) is 5.41 Å². The highest BCUT2D eigenvalue weighted by Crippen LogP contribution is 2.60. The Hall–Kier alpha value is -6.30. The van der Waals surface area contributed by atoms with Crippen LogP contribution >= 0.6 is 0 Å². The van der Waals surface area contributed by atoms with Gasteiger partial charge in [0.1, 0.15) is 0 Å². The second-order valence-corrected chi connectivity index (χ2v) is 12.2. The zero-order chi connectivity index (χ0) is 31.4. The normalized spacial score (nSPS) is 12.8. The number of fused-ring (bicyclic) bond motifs is 7. The zero-order valence-corrected chi connectivity index (χ0v) is 25.6. The molecule has 0 radical (unpaired) electrons. The molecule has 2 nitrogen and oxygen atoms in total. The molecule has 7 aromatic carbocycles. The smallest absolute Gasteiger partial charge is 0.190 e. The van der Waals surface area contributed by atoms with Crippen molar-refractivity contribution in [1.29, 1.82) is 0 Å². The molecule has 0 fully saturated rings. The molecule has 9 rings (SSSR count). The topological polar surface area (TPSA) is 17.2 Å². The molecule has 218 valence electrons. The van der Waals surface area contributed by atoms with E-state index in [1.165, 1.54) is 60.5 Å². The predicted octanol–water partition coefficient (Wildman–Crippen LogP) is 11.6. The summed E-state index contributed by atoms with van der Waals surface area (Å²) in [5.41, 5.74) is 11.8. The molecule has 0 N–H and O–H groups in total. The highest BCUT2D eigenvalue weighted by molar-refractivity contribution is 6.15. The Bertz CT molecular complexity index is 2480. The third-order valence-corrected chi connectivity index (χ3v) is 9.79. The maximum Gasteiger partial charge on any atom is 0.190 e. The molecule has 0 saturated carbocycles. The fraction of sp³-hybridized carbons (Fsp3) is 0.0222. The average molecular weight is 597 g/mol. The fourth-order valence-corrected chi connectivity index (χ4v) is 7.84. The van der Waals surface area contributed by atoms with Gasteiger partial charge in [-0.2, -0.15) is 0 Å². The van der Waals surface area contributed by atoms with Crippen LogP contribution in [0, 0.1) is 6.57 Å². The average Bonchev–Trinajstić information content (AvgIpc) is 3.47. The summed E-state index contributed by atoms with van der Waals surface area (Å²) < 4.78 is 0. The molecule has 1 aliphatic rings. The fourth-order valence-electron chi connectivity index (χ4n) is 7.84. The zero-order valence-electron chi connectivity index (χ0n) is 25.6. The van der Waals surface area contributed by atoms with Gasteiger partial charge in [0, 0.05) is 6.20 Å². The van der Waals surface area contributed by atoms with Crippen LogP contribution in [0.2, 0.25) is 0 Å². The molecule has 1 aromatic heterocycles. The molecule has 0 aliphatic heterocycles. The van der Waals surface area contributed by atoms with E-state index in [0.29, 0.717) is 5.69 Å². The van der Waals surface area contributed by atoms with E-state index in [0.717, 1.165) is 16.8 Å². The van der Waals surface area contributed by atoms with E-state index < -0.39 is 5.41 Å². The molecule has 0 unspecified atom stereocenters. The molecule has 2 heteroatoms. The largest absolute Gasteiger partial charge is 0.259 e. The number of hydrogen-bond donors (Lipinski definition) is 0. The quantitative estimate of drug-likeness (QED) is 0.185. The van der Waals surface area contributed by atoms with Gasteiger partial charge in [-0.15, -0.1) is 0 Å². The van der Waals surface area contributed by atoms with E-state index in [-0.39, 0.29) is 0 Å². The molecular weight excluding hydrogens is 569 g/mol. The minimum absolute atomic E-state index is 0.529. The van der Waals surface area contributed by atoms with Gasteiger partial charge < -0.3 is 0 Å². The summed E-state index contributed by atoms with van der Waals surface area (Å²) in [5, 5.41) is 4.96. The standard InChI is InChI=1S/C45H28N2/c1-46-35-25-26-47-42(28-35)32-15-12-14-31(27-32)39-29-41-44(38-22-11-10-21-37(38)39)43-36-20-9-8-13-30(36)23-24-40(43)45(41,33-16-4-2-5-17-33)34-18-6-3-7-19-34/h2-29H. The van der Waals surface area contributed by atoms with Crippen LogP contribution in [0.1, 0.15) is 22.3 Å². The van der Waals surface area contributed by atoms with Gasteiger partial charge in [-0.05, 0) is 95.9 Å². The monoisotopic (exact) mass is 596 g/mol. The molecule has 0 bridgehead atoms. The van der Waals surface area contributed by atoms with E-state index in [4.69, 9.17) is 6.57 Å². The molecule has 8 aromatic rings. The Morgan fingerprint density at radius 1 is 0.489 bits per heavy atom. The lowest BCUT2D eigenvalue weighted by molar-refractivity contribution is 0.770. The molecule has 0 amide bonds. The van der Waals surface area contributed by atoms with Crippen molar-refractivity contribution in [3.05, 3.63) is 204 Å². The van der Waals surface area contributed by atoms with E-state index in [2.05, 4.69) is 161 Å². The first-order valence-electron chi connectivity index (χ1n) is 15.9. The Morgan fingerprint density at radius 2 is 1.13 bits per heavy atom. The number of pyridine rings is 1. The number of hydrogen-bond acceptors (Lipinski definition) is 1. The number of nitrogens with zero attached hydrogens (tertiary/aromatic N) is 2. The lowest BCUT2D eigenvalue weighted by Gasteiger charge is -2.34. The van der Waals surface area contributed by atoms with Crippen molar-refractivity contribution < 1.29 is 0 Å². The van der Waals surface area contributed by atoms with Crippen molar-refractivity contribution in [3.63, 3.8) is 0 Å². The maximum atomic E-state index is 7.52. The summed E-state index contributed by atoms with van der Waals surface area (Å²) in [6.07, 6.45) is 1.72. The van der Waals surface area contributed by atoms with Gasteiger partial charge in [0.15, 0.2) is 5.69 Å². The van der Waals surface area contributed by atoms with Crippen molar-refractivity contribution in [3.8, 4) is 33.5 Å². The molecule has 1 heterocycles. The highest BCUT2D eigenvalue weighted by atomic mass is 14.7. The number of benzene rings is 7. The van der Waals surface area contributed by atoms with Crippen molar-refractivity contribution >= 4 is 27.2 Å². The summed E-state index contributed by atoms with van der Waals surface area (Å²) in [6, 6.07) is 58.9. The Labute approximate surface area is 274 Å². The minimum Gasteiger partial charge on any atom is -0.259 e. The summed E-state index contributed by atoms with van der Waals surface area (Å²) >= 11 is 0. The lowest BCUT2D eigenvalue weighted by atomic mass is 9.67. The van der Waals surface area contributed by atoms with Gasteiger partial charge in [0.05, 0.1) is 17.7 Å². The first kappa shape index (κ1) is 27.0. The minimum atomic E-state index is -0.529. The van der Waals surface area contributed by atoms with Gasteiger partial charge in [-0.1, -0.05) is 140 Å². The van der Waals surface area contributed by atoms with E-state index in [9.17, 15) is 0 Å². The Morgan fingerprint density at radius 3 is 1.87 bits per heavy atom. The second-order valence-electron chi connectivity index (χ2n) is 12.2. The second kappa shape index (κ2) is 10.7. The third kappa shape index (κ3) is 4.00. The highest BCUT2D eigenvalue weighted by Gasteiger charge is 2.47. The van der Waals surface area contributed by atoms with Crippen LogP contribution in [0.3, 0.4) is 0 Å². The number of rotatable bonds is 4. The van der Waals surface area contributed by atoms with E-state index >= 15 is 0 Å². The van der Waals surface area contributed by atoms with Crippen molar-refractivity contribution in [2.45, 2.75) is 5.41 Å². The summed E-state index contributed by atoms with van der Waals surface area (Å²) in [4.78, 5) is 8.27. The van der Waals surface area contributed by atoms with E-state index in [1.807, 2.05) is 6.07 Å². The van der Waals surface area contributed by atoms with Gasteiger partial charge in [0.25, 0.3) is 0 Å².